The Labute approximate surface area is 122 Å². The number of aromatic nitrogens is 3. The number of hydrogen-bond acceptors (Lipinski definition) is 5. The highest BCUT2D eigenvalue weighted by Gasteiger charge is 2.19. The van der Waals surface area contributed by atoms with Gasteiger partial charge in [-0.3, -0.25) is 4.57 Å². The van der Waals surface area contributed by atoms with E-state index in [1.807, 2.05) is 25.1 Å². The summed E-state index contributed by atoms with van der Waals surface area (Å²) in [5.74, 6) is 1.49. The Bertz CT molecular complexity index is 692. The van der Waals surface area contributed by atoms with Gasteiger partial charge in [0, 0.05) is 7.05 Å². The molecule has 112 valence electrons. The number of fused-ring (bicyclic) bond motifs is 1. The molecule has 1 aromatic heterocycles. The van der Waals surface area contributed by atoms with Crippen LogP contribution in [0.4, 0.5) is 0 Å². The van der Waals surface area contributed by atoms with Crippen LogP contribution in [-0.2, 0) is 13.6 Å². The highest BCUT2D eigenvalue weighted by molar-refractivity contribution is 5.45. The first-order valence-corrected chi connectivity index (χ1v) is 6.90. The molecule has 0 bridgehead atoms. The third-order valence-electron chi connectivity index (χ3n) is 3.49. The van der Waals surface area contributed by atoms with Crippen molar-refractivity contribution in [2.75, 3.05) is 13.3 Å². The molecule has 1 aromatic carbocycles. The Morgan fingerprint density at radius 3 is 2.90 bits per heavy atom. The molecule has 0 aliphatic carbocycles. The second-order valence-corrected chi connectivity index (χ2v) is 4.93. The molecule has 0 amide bonds. The lowest BCUT2D eigenvalue weighted by Gasteiger charge is -2.18. The largest absolute Gasteiger partial charge is 0.454 e. The lowest BCUT2D eigenvalue weighted by molar-refractivity contribution is 0.174. The van der Waals surface area contributed by atoms with Gasteiger partial charge in [0.2, 0.25) is 6.79 Å². The van der Waals surface area contributed by atoms with Gasteiger partial charge in [-0.05, 0) is 24.2 Å². The highest BCUT2D eigenvalue weighted by atomic mass is 16.7. The van der Waals surface area contributed by atoms with Crippen LogP contribution in [0, 0.1) is 0 Å². The Balaban J connectivity index is 1.87. The lowest BCUT2D eigenvalue weighted by atomic mass is 10.1. The van der Waals surface area contributed by atoms with Crippen molar-refractivity contribution in [1.29, 1.82) is 0 Å². The van der Waals surface area contributed by atoms with Crippen LogP contribution in [0.15, 0.2) is 29.3 Å². The minimum atomic E-state index is -0.126. The number of benzene rings is 1. The molecule has 2 heterocycles. The topological polar surface area (TPSA) is 70.3 Å². The average Bonchev–Trinajstić information content (AvgIpc) is 3.07. The van der Waals surface area contributed by atoms with E-state index >= 15 is 0 Å². The average molecular weight is 290 g/mol. The summed E-state index contributed by atoms with van der Waals surface area (Å²) in [6.07, 6.45) is 1.52. The Morgan fingerprint density at radius 1 is 1.38 bits per heavy atom. The fourth-order valence-electron chi connectivity index (χ4n) is 2.38. The number of hydrogen-bond donors (Lipinski definition) is 1. The molecule has 0 spiro atoms. The quantitative estimate of drug-likeness (QED) is 0.876. The van der Waals surface area contributed by atoms with E-state index in [0.717, 1.165) is 23.6 Å². The normalized spacial score (nSPS) is 14.4. The van der Waals surface area contributed by atoms with E-state index in [-0.39, 0.29) is 18.5 Å². The summed E-state index contributed by atoms with van der Waals surface area (Å²) >= 11 is 0. The summed E-state index contributed by atoms with van der Waals surface area (Å²) in [6.45, 7) is 3.54. The molecule has 0 radical (unpaired) electrons. The lowest BCUT2D eigenvalue weighted by Crippen LogP contribution is -2.31. The molecule has 1 aliphatic rings. The van der Waals surface area contributed by atoms with Gasteiger partial charge in [0.05, 0.1) is 12.6 Å². The van der Waals surface area contributed by atoms with Crippen LogP contribution in [0.5, 0.6) is 11.5 Å². The SMILES string of the molecule is CCNC(Cn1ncn(C)c1=O)c1ccc2c(c1)OCO2. The molecule has 21 heavy (non-hydrogen) atoms. The maximum Gasteiger partial charge on any atom is 0.345 e. The first-order chi connectivity index (χ1) is 10.2. The highest BCUT2D eigenvalue weighted by Crippen LogP contribution is 2.34. The van der Waals surface area contributed by atoms with Gasteiger partial charge in [-0.25, -0.2) is 9.48 Å². The van der Waals surface area contributed by atoms with Crippen LogP contribution < -0.4 is 20.5 Å². The predicted molar refractivity (Wildman–Crippen MR) is 76.5 cm³/mol. The third kappa shape index (κ3) is 2.64. The Hall–Kier alpha value is -2.28. The van der Waals surface area contributed by atoms with Gasteiger partial charge in [-0.15, -0.1) is 0 Å². The minimum Gasteiger partial charge on any atom is -0.454 e. The number of rotatable bonds is 5. The van der Waals surface area contributed by atoms with Crippen molar-refractivity contribution in [3.63, 3.8) is 0 Å². The molecule has 7 heteroatoms. The molecule has 1 aliphatic heterocycles. The van der Waals surface area contributed by atoms with Crippen LogP contribution >= 0.6 is 0 Å². The molecule has 0 saturated heterocycles. The predicted octanol–water partition coefficient (Wildman–Crippen LogP) is 0.661. The molecule has 7 nitrogen and oxygen atoms in total. The second kappa shape index (κ2) is 5.61. The van der Waals surface area contributed by atoms with Gasteiger partial charge in [0.15, 0.2) is 11.5 Å². The maximum absolute atomic E-state index is 11.9. The summed E-state index contributed by atoms with van der Waals surface area (Å²) in [5, 5.41) is 7.48. The van der Waals surface area contributed by atoms with Gasteiger partial charge in [0.1, 0.15) is 6.33 Å². The molecule has 2 aromatic rings. The van der Waals surface area contributed by atoms with Crippen LogP contribution in [0.1, 0.15) is 18.5 Å². The van der Waals surface area contributed by atoms with E-state index in [1.54, 1.807) is 7.05 Å². The van der Waals surface area contributed by atoms with Gasteiger partial charge in [-0.2, -0.15) is 5.10 Å². The first kappa shape index (κ1) is 13.7. The minimum absolute atomic E-state index is 0.0166. The number of aryl methyl sites for hydroxylation is 1. The van der Waals surface area contributed by atoms with Crippen LogP contribution in [0.25, 0.3) is 0 Å². The van der Waals surface area contributed by atoms with E-state index in [4.69, 9.17) is 9.47 Å². The van der Waals surface area contributed by atoms with E-state index < -0.39 is 0 Å². The van der Waals surface area contributed by atoms with E-state index in [9.17, 15) is 4.79 Å². The fraction of sp³-hybridized carbons (Fsp3) is 0.429. The summed E-state index contributed by atoms with van der Waals surface area (Å²) < 4.78 is 13.6. The number of nitrogens with zero attached hydrogens (tertiary/aromatic N) is 3. The van der Waals surface area contributed by atoms with E-state index in [1.165, 1.54) is 15.6 Å². The maximum atomic E-state index is 11.9. The number of likely N-dealkylation sites (N-methyl/N-ethyl adjacent to an activating group) is 1. The Kier molecular flexibility index (Phi) is 3.66. The zero-order valence-corrected chi connectivity index (χ0v) is 12.1. The monoisotopic (exact) mass is 290 g/mol. The third-order valence-corrected chi connectivity index (χ3v) is 3.49. The van der Waals surface area contributed by atoms with Crippen molar-refractivity contribution >= 4 is 0 Å². The van der Waals surface area contributed by atoms with Crippen LogP contribution in [0.3, 0.4) is 0 Å². The van der Waals surface area contributed by atoms with Gasteiger partial charge >= 0.3 is 5.69 Å². The van der Waals surface area contributed by atoms with Crippen molar-refractivity contribution in [3.8, 4) is 11.5 Å². The van der Waals surface area contributed by atoms with Crippen LogP contribution in [0.2, 0.25) is 0 Å². The number of ether oxygens (including phenoxy) is 2. The van der Waals surface area contributed by atoms with Crippen molar-refractivity contribution in [2.24, 2.45) is 7.05 Å². The summed E-state index contributed by atoms with van der Waals surface area (Å²) in [4.78, 5) is 11.9. The zero-order valence-electron chi connectivity index (χ0n) is 12.1. The molecule has 1 atom stereocenters. The molecule has 0 fully saturated rings. The van der Waals surface area contributed by atoms with E-state index in [2.05, 4.69) is 10.4 Å². The Morgan fingerprint density at radius 2 is 2.19 bits per heavy atom. The first-order valence-electron chi connectivity index (χ1n) is 6.90. The fourth-order valence-corrected chi connectivity index (χ4v) is 2.38. The molecular weight excluding hydrogens is 272 g/mol. The van der Waals surface area contributed by atoms with E-state index in [0.29, 0.717) is 6.54 Å². The number of nitrogens with one attached hydrogen (secondary N) is 1. The van der Waals surface area contributed by atoms with Crippen molar-refractivity contribution in [3.05, 3.63) is 40.6 Å². The van der Waals surface area contributed by atoms with Crippen molar-refractivity contribution in [2.45, 2.75) is 19.5 Å². The summed E-state index contributed by atoms with van der Waals surface area (Å²) in [6, 6.07) is 5.80. The molecular formula is C14H18N4O3. The smallest absolute Gasteiger partial charge is 0.345 e. The summed E-state index contributed by atoms with van der Waals surface area (Å²) in [5.41, 5.74) is 0.914. The summed E-state index contributed by atoms with van der Waals surface area (Å²) in [7, 11) is 1.69. The van der Waals surface area contributed by atoms with Gasteiger partial charge in [0.25, 0.3) is 0 Å². The van der Waals surface area contributed by atoms with Gasteiger partial charge < -0.3 is 14.8 Å². The van der Waals surface area contributed by atoms with Crippen LogP contribution in [-0.4, -0.2) is 27.7 Å². The standard InChI is InChI=1S/C14H18N4O3/c1-3-15-11(7-18-14(19)17(2)8-16-18)10-4-5-12-13(6-10)21-9-20-12/h4-6,8,11,15H,3,7,9H2,1-2H3. The van der Waals surface area contributed by atoms with Crippen molar-refractivity contribution < 1.29 is 9.47 Å². The molecule has 1 unspecified atom stereocenters. The van der Waals surface area contributed by atoms with Crippen molar-refractivity contribution in [1.82, 2.24) is 19.7 Å². The second-order valence-electron chi connectivity index (χ2n) is 4.93. The zero-order chi connectivity index (χ0) is 14.8. The van der Waals surface area contributed by atoms with Gasteiger partial charge in [-0.1, -0.05) is 13.0 Å². The molecule has 3 rings (SSSR count). The molecule has 1 N–H and O–H groups in total. The molecule has 0 saturated carbocycles.